The summed E-state index contributed by atoms with van der Waals surface area (Å²) >= 11 is 0. The molecule has 1 heterocycles. The van der Waals surface area contributed by atoms with Gasteiger partial charge >= 0.3 is 0 Å². The molecule has 1 nitrogen and oxygen atoms in total. The molecule has 0 saturated heterocycles. The van der Waals surface area contributed by atoms with E-state index in [1.54, 1.807) is 6.26 Å². The summed E-state index contributed by atoms with van der Waals surface area (Å²) < 4.78 is 5.27. The standard InChI is InChI=1S/C10H7O/c1-2-7-10-9(5-1)6-3-4-8-11-10/h1,3-8H. The van der Waals surface area contributed by atoms with Crippen LogP contribution in [0, 0.1) is 6.07 Å². The van der Waals surface area contributed by atoms with Crippen molar-refractivity contribution in [3.8, 4) is 5.75 Å². The van der Waals surface area contributed by atoms with Gasteiger partial charge in [0.05, 0.1) is 6.26 Å². The van der Waals surface area contributed by atoms with E-state index >= 15 is 0 Å². The Kier molecular flexibility index (Phi) is 1.48. The van der Waals surface area contributed by atoms with Gasteiger partial charge in [-0.05, 0) is 18.2 Å². The van der Waals surface area contributed by atoms with Crippen LogP contribution in [-0.4, -0.2) is 0 Å². The highest BCUT2D eigenvalue weighted by atomic mass is 16.5. The monoisotopic (exact) mass is 143 g/mol. The number of benzene rings is 1. The van der Waals surface area contributed by atoms with Crippen LogP contribution in [0.1, 0.15) is 5.56 Å². The minimum Gasteiger partial charge on any atom is -0.464 e. The fourth-order valence-electron chi connectivity index (χ4n) is 0.984. The molecule has 1 aromatic rings. The highest BCUT2D eigenvalue weighted by Crippen LogP contribution is 2.20. The Balaban J connectivity index is 2.52. The minimum atomic E-state index is 0.859. The van der Waals surface area contributed by atoms with E-state index in [2.05, 4.69) is 6.07 Å². The van der Waals surface area contributed by atoms with Gasteiger partial charge in [0.2, 0.25) is 0 Å². The van der Waals surface area contributed by atoms with Gasteiger partial charge in [-0.3, -0.25) is 0 Å². The average molecular weight is 143 g/mol. The lowest BCUT2D eigenvalue weighted by molar-refractivity contribution is 0.481. The van der Waals surface area contributed by atoms with Crippen molar-refractivity contribution in [2.75, 3.05) is 0 Å². The molecular formula is C10H7O. The summed E-state index contributed by atoms with van der Waals surface area (Å²) in [5.74, 6) is 0.859. The van der Waals surface area contributed by atoms with Gasteiger partial charge in [-0.25, -0.2) is 0 Å². The lowest BCUT2D eigenvalue weighted by Crippen LogP contribution is -1.82. The molecule has 1 heteroatoms. The highest BCUT2D eigenvalue weighted by Gasteiger charge is 1.98. The molecule has 0 N–H and O–H groups in total. The zero-order valence-corrected chi connectivity index (χ0v) is 5.95. The third-order valence-electron chi connectivity index (χ3n) is 1.52. The summed E-state index contributed by atoms with van der Waals surface area (Å²) in [6.07, 6.45) is 7.48. The number of hydrogen-bond acceptors (Lipinski definition) is 1. The lowest BCUT2D eigenvalue weighted by Gasteiger charge is -2.00. The van der Waals surface area contributed by atoms with Crippen LogP contribution in [0.25, 0.3) is 6.08 Å². The highest BCUT2D eigenvalue weighted by molar-refractivity contribution is 5.59. The molecule has 0 spiro atoms. The second-order valence-electron chi connectivity index (χ2n) is 2.27. The number of allylic oxidation sites excluding steroid dienone is 2. The smallest absolute Gasteiger partial charge is 0.134 e. The van der Waals surface area contributed by atoms with E-state index in [-0.39, 0.29) is 0 Å². The zero-order valence-electron chi connectivity index (χ0n) is 5.95. The molecule has 11 heavy (non-hydrogen) atoms. The number of hydrogen-bond donors (Lipinski definition) is 0. The van der Waals surface area contributed by atoms with Crippen LogP contribution in [0.3, 0.4) is 0 Å². The largest absolute Gasteiger partial charge is 0.464 e. The Morgan fingerprint density at radius 2 is 2.27 bits per heavy atom. The summed E-state index contributed by atoms with van der Waals surface area (Å²) in [7, 11) is 0. The van der Waals surface area contributed by atoms with Crippen molar-refractivity contribution in [3.63, 3.8) is 0 Å². The van der Waals surface area contributed by atoms with Gasteiger partial charge in [0.15, 0.2) is 0 Å². The third kappa shape index (κ3) is 1.17. The molecule has 0 aliphatic carbocycles. The molecule has 0 amide bonds. The Morgan fingerprint density at radius 1 is 1.27 bits per heavy atom. The lowest BCUT2D eigenvalue weighted by atomic mass is 10.2. The Labute approximate surface area is 65.6 Å². The fourth-order valence-corrected chi connectivity index (χ4v) is 0.984. The predicted octanol–water partition coefficient (Wildman–Crippen LogP) is 2.41. The Hall–Kier alpha value is -1.50. The van der Waals surface area contributed by atoms with Crippen molar-refractivity contribution >= 4 is 6.08 Å². The molecule has 0 bridgehead atoms. The molecule has 1 aromatic carbocycles. The van der Waals surface area contributed by atoms with Crippen molar-refractivity contribution in [2.24, 2.45) is 0 Å². The van der Waals surface area contributed by atoms with Gasteiger partial charge in [-0.2, -0.15) is 0 Å². The molecule has 0 aromatic heterocycles. The number of ether oxygens (including phenoxy) is 1. The zero-order chi connectivity index (χ0) is 7.52. The van der Waals surface area contributed by atoms with E-state index in [4.69, 9.17) is 4.74 Å². The van der Waals surface area contributed by atoms with Crippen molar-refractivity contribution < 1.29 is 4.74 Å². The van der Waals surface area contributed by atoms with E-state index in [1.165, 1.54) is 0 Å². The maximum absolute atomic E-state index is 5.27. The maximum Gasteiger partial charge on any atom is 0.134 e. The number of fused-ring (bicyclic) bond motifs is 1. The number of rotatable bonds is 0. The van der Waals surface area contributed by atoms with Crippen molar-refractivity contribution in [1.82, 2.24) is 0 Å². The van der Waals surface area contributed by atoms with E-state index in [1.807, 2.05) is 36.4 Å². The Bertz CT molecular complexity index is 310. The molecule has 1 aliphatic rings. The van der Waals surface area contributed by atoms with Crippen LogP contribution in [0.15, 0.2) is 36.6 Å². The van der Waals surface area contributed by atoms with Gasteiger partial charge in [0.25, 0.3) is 0 Å². The normalized spacial score (nSPS) is 13.5. The predicted molar refractivity (Wildman–Crippen MR) is 44.1 cm³/mol. The van der Waals surface area contributed by atoms with Crippen LogP contribution in [-0.2, 0) is 0 Å². The summed E-state index contributed by atoms with van der Waals surface area (Å²) in [5.41, 5.74) is 1.09. The van der Waals surface area contributed by atoms with Crippen LogP contribution in [0.5, 0.6) is 5.75 Å². The molecule has 53 valence electrons. The summed E-state index contributed by atoms with van der Waals surface area (Å²) in [6.45, 7) is 0. The van der Waals surface area contributed by atoms with Gasteiger partial charge in [-0.15, -0.1) is 0 Å². The first kappa shape index (κ1) is 6.23. The molecule has 0 atom stereocenters. The fraction of sp³-hybridized carbons (Fsp3) is 0. The van der Waals surface area contributed by atoms with Crippen LogP contribution < -0.4 is 4.74 Å². The van der Waals surface area contributed by atoms with Gasteiger partial charge in [0.1, 0.15) is 5.75 Å². The molecule has 0 unspecified atom stereocenters. The van der Waals surface area contributed by atoms with Gasteiger partial charge in [0, 0.05) is 5.56 Å². The van der Waals surface area contributed by atoms with Crippen molar-refractivity contribution in [1.29, 1.82) is 0 Å². The first-order valence-corrected chi connectivity index (χ1v) is 3.47. The van der Waals surface area contributed by atoms with Crippen molar-refractivity contribution in [2.45, 2.75) is 0 Å². The average Bonchev–Trinajstić information content (AvgIpc) is 2.28. The van der Waals surface area contributed by atoms with Crippen LogP contribution >= 0.6 is 0 Å². The maximum atomic E-state index is 5.27. The minimum absolute atomic E-state index is 0.859. The molecule has 1 aliphatic heterocycles. The van der Waals surface area contributed by atoms with Crippen molar-refractivity contribution in [3.05, 3.63) is 48.2 Å². The summed E-state index contributed by atoms with van der Waals surface area (Å²) in [5, 5.41) is 0. The first-order valence-electron chi connectivity index (χ1n) is 3.47. The second kappa shape index (κ2) is 2.62. The summed E-state index contributed by atoms with van der Waals surface area (Å²) in [6, 6.07) is 8.63. The topological polar surface area (TPSA) is 9.23 Å². The first-order chi connectivity index (χ1) is 5.47. The molecule has 0 fully saturated rings. The van der Waals surface area contributed by atoms with Crippen LogP contribution in [0.2, 0.25) is 0 Å². The SMILES string of the molecule is [c]1ccc2c(c1)OC=CC=C2. The summed E-state index contributed by atoms with van der Waals surface area (Å²) in [4.78, 5) is 0. The van der Waals surface area contributed by atoms with E-state index < -0.39 is 0 Å². The van der Waals surface area contributed by atoms with Crippen LogP contribution in [0.4, 0.5) is 0 Å². The quantitative estimate of drug-likeness (QED) is 0.542. The molecular weight excluding hydrogens is 136 g/mol. The second-order valence-corrected chi connectivity index (χ2v) is 2.27. The Morgan fingerprint density at radius 3 is 3.27 bits per heavy atom. The van der Waals surface area contributed by atoms with E-state index in [9.17, 15) is 0 Å². The molecule has 1 radical (unpaired) electrons. The third-order valence-corrected chi connectivity index (χ3v) is 1.52. The molecule has 0 saturated carbocycles. The van der Waals surface area contributed by atoms with Gasteiger partial charge < -0.3 is 4.74 Å². The van der Waals surface area contributed by atoms with Gasteiger partial charge in [-0.1, -0.05) is 24.3 Å². The van der Waals surface area contributed by atoms with E-state index in [0.717, 1.165) is 11.3 Å². The van der Waals surface area contributed by atoms with E-state index in [0.29, 0.717) is 0 Å². The molecule has 2 rings (SSSR count).